The van der Waals surface area contributed by atoms with Gasteiger partial charge < -0.3 is 4.90 Å². The molecule has 1 aliphatic heterocycles. The highest BCUT2D eigenvalue weighted by molar-refractivity contribution is 6.31. The number of likely N-dealkylation sites (tertiary alicyclic amines) is 1. The molecule has 6 heteroatoms. The number of nitrogens with zero attached hydrogens (tertiary/aromatic N) is 3. The fraction of sp³-hybridized carbons (Fsp3) is 0.227. The number of halogens is 2. The third-order valence-electron chi connectivity index (χ3n) is 5.00. The zero-order valence-corrected chi connectivity index (χ0v) is 15.9. The summed E-state index contributed by atoms with van der Waals surface area (Å²) in [6, 6.07) is 15.8. The molecule has 0 N–H and O–H groups in total. The monoisotopic (exact) mass is 395 g/mol. The van der Waals surface area contributed by atoms with Crippen molar-refractivity contribution < 1.29 is 9.18 Å². The van der Waals surface area contributed by atoms with Crippen molar-refractivity contribution in [1.82, 2.24) is 14.9 Å². The van der Waals surface area contributed by atoms with Crippen molar-refractivity contribution in [2.75, 3.05) is 13.1 Å². The van der Waals surface area contributed by atoms with Gasteiger partial charge in [-0.25, -0.2) is 14.4 Å². The minimum atomic E-state index is -0.524. The smallest absolute Gasteiger partial charge is 0.253 e. The molecule has 1 atom stereocenters. The van der Waals surface area contributed by atoms with Crippen LogP contribution in [-0.2, 0) is 0 Å². The predicted octanol–water partition coefficient (Wildman–Crippen LogP) is 4.96. The lowest BCUT2D eigenvalue weighted by atomic mass is 9.94. The highest BCUT2D eigenvalue weighted by atomic mass is 35.5. The van der Waals surface area contributed by atoms with Crippen LogP contribution in [0.2, 0.25) is 5.02 Å². The molecule has 0 aliphatic carbocycles. The van der Waals surface area contributed by atoms with E-state index in [0.29, 0.717) is 24.5 Å². The van der Waals surface area contributed by atoms with Crippen LogP contribution < -0.4 is 0 Å². The number of hydrogen-bond donors (Lipinski definition) is 0. The highest BCUT2D eigenvalue weighted by Crippen LogP contribution is 2.28. The lowest BCUT2D eigenvalue weighted by Gasteiger charge is -2.32. The van der Waals surface area contributed by atoms with Gasteiger partial charge in [0.2, 0.25) is 0 Å². The molecular formula is C22H19ClFN3O. The summed E-state index contributed by atoms with van der Waals surface area (Å²) in [4.78, 5) is 23.8. The molecular weight excluding hydrogens is 377 g/mol. The minimum absolute atomic E-state index is 0.0392. The van der Waals surface area contributed by atoms with Gasteiger partial charge in [-0.3, -0.25) is 4.79 Å². The number of carbonyl (C=O) groups is 1. The second kappa shape index (κ2) is 8.07. The Morgan fingerprint density at radius 2 is 1.96 bits per heavy atom. The van der Waals surface area contributed by atoms with Gasteiger partial charge in [0.1, 0.15) is 5.82 Å². The number of benzene rings is 2. The van der Waals surface area contributed by atoms with Gasteiger partial charge in [0.15, 0.2) is 5.82 Å². The average molecular weight is 396 g/mol. The van der Waals surface area contributed by atoms with Crippen LogP contribution in [0.4, 0.5) is 4.39 Å². The first-order chi connectivity index (χ1) is 13.6. The van der Waals surface area contributed by atoms with Gasteiger partial charge in [-0.05, 0) is 37.1 Å². The van der Waals surface area contributed by atoms with Crippen LogP contribution in [0.15, 0.2) is 60.8 Å². The fourth-order valence-corrected chi connectivity index (χ4v) is 3.72. The Balaban J connectivity index is 1.54. The maximum atomic E-state index is 13.4. The number of hydrogen-bond acceptors (Lipinski definition) is 3. The van der Waals surface area contributed by atoms with Crippen molar-refractivity contribution in [2.45, 2.75) is 18.8 Å². The maximum absolute atomic E-state index is 13.4. The Morgan fingerprint density at radius 3 is 2.75 bits per heavy atom. The summed E-state index contributed by atoms with van der Waals surface area (Å²) < 4.78 is 13.4. The lowest BCUT2D eigenvalue weighted by Crippen LogP contribution is -2.39. The van der Waals surface area contributed by atoms with E-state index in [-0.39, 0.29) is 16.8 Å². The van der Waals surface area contributed by atoms with Crippen molar-refractivity contribution >= 4 is 17.5 Å². The van der Waals surface area contributed by atoms with Crippen LogP contribution in [0, 0.1) is 5.82 Å². The first kappa shape index (κ1) is 18.6. The van der Waals surface area contributed by atoms with Gasteiger partial charge in [0.05, 0.1) is 5.02 Å². The first-order valence-corrected chi connectivity index (χ1v) is 9.62. The van der Waals surface area contributed by atoms with E-state index in [4.69, 9.17) is 16.6 Å². The third-order valence-corrected chi connectivity index (χ3v) is 5.29. The zero-order valence-electron chi connectivity index (χ0n) is 15.2. The van der Waals surface area contributed by atoms with E-state index in [1.54, 1.807) is 11.1 Å². The SMILES string of the molecule is O=C(c1ccc(F)c(Cl)c1)N1CCC[C@@H](c2ccnc(-c3ccccc3)n2)C1. The summed E-state index contributed by atoms with van der Waals surface area (Å²) >= 11 is 5.83. The molecule has 1 aromatic heterocycles. The van der Waals surface area contributed by atoms with Gasteiger partial charge in [-0.1, -0.05) is 41.9 Å². The molecule has 2 aromatic carbocycles. The third kappa shape index (κ3) is 3.90. The van der Waals surface area contributed by atoms with Gasteiger partial charge in [0.25, 0.3) is 5.91 Å². The van der Waals surface area contributed by atoms with Crippen molar-refractivity contribution in [2.24, 2.45) is 0 Å². The van der Waals surface area contributed by atoms with Gasteiger partial charge in [-0.2, -0.15) is 0 Å². The number of rotatable bonds is 3. The van der Waals surface area contributed by atoms with Gasteiger partial charge in [0, 0.05) is 42.0 Å². The predicted molar refractivity (Wildman–Crippen MR) is 107 cm³/mol. The molecule has 3 aromatic rings. The fourth-order valence-electron chi connectivity index (χ4n) is 3.54. The normalized spacial score (nSPS) is 16.8. The van der Waals surface area contributed by atoms with Crippen LogP contribution >= 0.6 is 11.6 Å². The van der Waals surface area contributed by atoms with Crippen LogP contribution in [0.5, 0.6) is 0 Å². The van der Waals surface area contributed by atoms with Crippen molar-refractivity contribution in [3.63, 3.8) is 0 Å². The van der Waals surface area contributed by atoms with Gasteiger partial charge in [-0.15, -0.1) is 0 Å². The molecule has 0 radical (unpaired) electrons. The van der Waals surface area contributed by atoms with Crippen molar-refractivity contribution in [1.29, 1.82) is 0 Å². The first-order valence-electron chi connectivity index (χ1n) is 9.24. The van der Waals surface area contributed by atoms with Crippen LogP contribution in [-0.4, -0.2) is 33.9 Å². The summed E-state index contributed by atoms with van der Waals surface area (Å²) in [5, 5.41) is -0.0392. The Bertz CT molecular complexity index is 996. The zero-order chi connectivity index (χ0) is 19.5. The molecule has 0 unspecified atom stereocenters. The average Bonchev–Trinajstić information content (AvgIpc) is 2.76. The summed E-state index contributed by atoms with van der Waals surface area (Å²) in [6.45, 7) is 1.24. The van der Waals surface area contributed by atoms with Crippen LogP contribution in [0.3, 0.4) is 0 Å². The van der Waals surface area contributed by atoms with Crippen LogP contribution in [0.25, 0.3) is 11.4 Å². The maximum Gasteiger partial charge on any atom is 0.253 e. The molecule has 2 heterocycles. The largest absolute Gasteiger partial charge is 0.338 e. The molecule has 28 heavy (non-hydrogen) atoms. The molecule has 142 valence electrons. The quantitative estimate of drug-likeness (QED) is 0.630. The minimum Gasteiger partial charge on any atom is -0.338 e. The topological polar surface area (TPSA) is 46.1 Å². The molecule has 0 saturated carbocycles. The van der Waals surface area contributed by atoms with E-state index in [9.17, 15) is 9.18 Å². The van der Waals surface area contributed by atoms with Crippen molar-refractivity contribution in [3.8, 4) is 11.4 Å². The highest BCUT2D eigenvalue weighted by Gasteiger charge is 2.27. The van der Waals surface area contributed by atoms with E-state index in [2.05, 4.69) is 4.98 Å². The number of carbonyl (C=O) groups excluding carboxylic acids is 1. The van der Waals surface area contributed by atoms with E-state index in [1.807, 2.05) is 36.4 Å². The Morgan fingerprint density at radius 1 is 1.14 bits per heavy atom. The lowest BCUT2D eigenvalue weighted by molar-refractivity contribution is 0.0706. The Labute approximate surface area is 168 Å². The second-order valence-electron chi connectivity index (χ2n) is 6.89. The molecule has 1 aliphatic rings. The Hall–Kier alpha value is -2.79. The van der Waals surface area contributed by atoms with E-state index in [0.717, 1.165) is 24.1 Å². The van der Waals surface area contributed by atoms with Crippen molar-refractivity contribution in [3.05, 3.63) is 82.9 Å². The van der Waals surface area contributed by atoms with Gasteiger partial charge >= 0.3 is 0 Å². The molecule has 1 amide bonds. The molecule has 4 nitrogen and oxygen atoms in total. The number of amides is 1. The molecule has 1 saturated heterocycles. The molecule has 0 spiro atoms. The van der Waals surface area contributed by atoms with E-state index < -0.39 is 5.82 Å². The summed E-state index contributed by atoms with van der Waals surface area (Å²) in [7, 11) is 0. The standard InChI is InChI=1S/C22H19ClFN3O/c23-18-13-16(8-9-19(18)24)22(28)27-12-4-7-17(14-27)20-10-11-25-21(26-20)15-5-2-1-3-6-15/h1-3,5-6,8-11,13,17H,4,7,12,14H2/t17-/m1/s1. The summed E-state index contributed by atoms with van der Waals surface area (Å²) in [5.74, 6) is 0.166. The van der Waals surface area contributed by atoms with Crippen LogP contribution in [0.1, 0.15) is 34.8 Å². The molecule has 1 fully saturated rings. The number of aromatic nitrogens is 2. The summed E-state index contributed by atoms with van der Waals surface area (Å²) in [6.07, 6.45) is 3.61. The second-order valence-corrected chi connectivity index (χ2v) is 7.30. The molecule has 0 bridgehead atoms. The Kier molecular flexibility index (Phi) is 5.35. The molecule has 4 rings (SSSR count). The van der Waals surface area contributed by atoms with E-state index in [1.165, 1.54) is 18.2 Å². The summed E-state index contributed by atoms with van der Waals surface area (Å²) in [5.41, 5.74) is 2.30. The number of piperidine rings is 1. The van der Waals surface area contributed by atoms with E-state index >= 15 is 0 Å².